The smallest absolute Gasteiger partial charge is 1.00 e. The summed E-state index contributed by atoms with van der Waals surface area (Å²) in [4.78, 5) is 0. The Hall–Kier alpha value is -3.61. The number of fused-ring (bicyclic) bond motifs is 8. The SMILES string of the molecule is Cc1cc2c(c(C)c1C)C(C)c1c3c(c4ccccc4c1-2)C(C)C(C)C(C)[C]3(C)[Zr+2]([C]1=CC(c2ccccc2)=CC1)=[C](c1ccccc1)c1ccccc1.[Cl-].[Cl-]. The molecule has 3 heteroatoms. The maximum absolute atomic E-state index is 3.06. The topological polar surface area (TPSA) is 0 Å². The average molecular weight is 851 g/mol. The van der Waals surface area contributed by atoms with Crippen LogP contribution in [0.3, 0.4) is 0 Å². The zero-order valence-corrected chi connectivity index (χ0v) is 37.9. The molecule has 56 heavy (non-hydrogen) atoms. The Morgan fingerprint density at radius 1 is 0.643 bits per heavy atom. The van der Waals surface area contributed by atoms with E-state index in [0.717, 1.165) is 6.42 Å². The Labute approximate surface area is 355 Å². The average Bonchev–Trinajstić information content (AvgIpc) is 3.80. The molecule has 282 valence electrons. The Morgan fingerprint density at radius 2 is 1.20 bits per heavy atom. The van der Waals surface area contributed by atoms with Crippen LogP contribution in [0.15, 0.2) is 137 Å². The van der Waals surface area contributed by atoms with E-state index in [1.165, 1.54) is 60.9 Å². The predicted molar refractivity (Wildman–Crippen MR) is 228 cm³/mol. The normalized spacial score (nSPS) is 21.7. The monoisotopic (exact) mass is 848 g/mol. The van der Waals surface area contributed by atoms with E-state index in [1.807, 2.05) is 0 Å². The predicted octanol–water partition coefficient (Wildman–Crippen LogP) is 7.77. The van der Waals surface area contributed by atoms with E-state index in [0.29, 0.717) is 23.7 Å². The summed E-state index contributed by atoms with van der Waals surface area (Å²) in [5, 5.41) is 2.93. The molecule has 9 rings (SSSR count). The van der Waals surface area contributed by atoms with Crippen LogP contribution in [-0.2, 0) is 24.4 Å². The van der Waals surface area contributed by atoms with Crippen molar-refractivity contribution < 1.29 is 46.1 Å². The van der Waals surface area contributed by atoms with Crippen LogP contribution in [0.2, 0.25) is 0 Å². The van der Waals surface area contributed by atoms with Crippen LogP contribution < -0.4 is 24.8 Å². The molecule has 3 aliphatic carbocycles. The molecule has 6 aromatic rings. The van der Waals surface area contributed by atoms with Gasteiger partial charge < -0.3 is 24.8 Å². The van der Waals surface area contributed by atoms with Gasteiger partial charge in [0.05, 0.1) is 0 Å². The van der Waals surface area contributed by atoms with Crippen molar-refractivity contribution in [2.45, 2.75) is 76.8 Å². The number of allylic oxidation sites excluding steroid dienone is 4. The van der Waals surface area contributed by atoms with Gasteiger partial charge in [-0.3, -0.25) is 0 Å². The number of rotatable bonds is 5. The molecular formula is C53H52Cl2Zr. The molecule has 0 saturated carbocycles. The van der Waals surface area contributed by atoms with E-state index in [9.17, 15) is 0 Å². The van der Waals surface area contributed by atoms with Crippen molar-refractivity contribution in [1.29, 1.82) is 0 Å². The maximum Gasteiger partial charge on any atom is -1.00 e. The van der Waals surface area contributed by atoms with Gasteiger partial charge in [0.1, 0.15) is 0 Å². The van der Waals surface area contributed by atoms with Crippen LogP contribution in [0.25, 0.3) is 27.5 Å². The fraction of sp³-hybridized carbons (Fsp3) is 0.264. The van der Waals surface area contributed by atoms with E-state index < -0.39 is 21.3 Å². The van der Waals surface area contributed by atoms with Crippen LogP contribution in [0.5, 0.6) is 0 Å². The second kappa shape index (κ2) is 15.6. The Morgan fingerprint density at radius 3 is 1.80 bits per heavy atom. The van der Waals surface area contributed by atoms with Gasteiger partial charge in [0.25, 0.3) is 0 Å². The van der Waals surface area contributed by atoms with E-state index in [-0.39, 0.29) is 27.9 Å². The van der Waals surface area contributed by atoms with Gasteiger partial charge in [0.15, 0.2) is 0 Å². The van der Waals surface area contributed by atoms with Gasteiger partial charge in [0, 0.05) is 0 Å². The van der Waals surface area contributed by atoms with Crippen LogP contribution in [0.1, 0.15) is 109 Å². The summed E-state index contributed by atoms with van der Waals surface area (Å²) in [5.74, 6) is 1.80. The minimum absolute atomic E-state index is 0. The third-order valence-corrected chi connectivity index (χ3v) is 23.7. The molecule has 0 fully saturated rings. The molecule has 0 N–H and O–H groups in total. The second-order valence-electron chi connectivity index (χ2n) is 16.8. The van der Waals surface area contributed by atoms with Gasteiger partial charge in [-0.05, 0) is 0 Å². The van der Waals surface area contributed by atoms with Gasteiger partial charge in [0.2, 0.25) is 0 Å². The molecule has 0 bridgehead atoms. The molecule has 0 spiro atoms. The fourth-order valence-electron chi connectivity index (χ4n) is 11.0. The quantitative estimate of drug-likeness (QED) is 0.167. The fourth-order valence-corrected chi connectivity index (χ4v) is 21.5. The molecule has 0 amide bonds. The number of hydrogen-bond donors (Lipinski definition) is 0. The van der Waals surface area contributed by atoms with Crippen molar-refractivity contribution in [1.82, 2.24) is 0 Å². The number of hydrogen-bond acceptors (Lipinski definition) is 0. The van der Waals surface area contributed by atoms with Gasteiger partial charge in [-0.25, -0.2) is 0 Å². The standard InChI is InChI=1S/C29H33.C13H10.C11H9.2ClH.Zr/c1-14-13-24-25(18(5)15(14)2)21(8)28-27-20(7)17(4)16(3)19(6)26(27)22-11-9-10-12-23(22)29(24)28;1-3-7-12(8-4-1)11-13-9-5-2-6-10-13;1-2-6-10(7-3-1)11-8-4-5-9-11;;;/h9-13,16-17,19,21H,1-8H3;1-10H;1-3,6-9H,4H2;2*1H;/q;;;;;+2/p-2. The Balaban J connectivity index is 0.00000240. The summed E-state index contributed by atoms with van der Waals surface area (Å²) in [5.41, 5.74) is 19.4. The molecule has 5 unspecified atom stereocenters. The zero-order valence-electron chi connectivity index (χ0n) is 34.0. The van der Waals surface area contributed by atoms with Crippen LogP contribution >= 0.6 is 0 Å². The molecule has 0 heterocycles. The zero-order chi connectivity index (χ0) is 37.5. The molecule has 0 aromatic heterocycles. The first-order chi connectivity index (χ1) is 26.1. The maximum atomic E-state index is 2.77. The minimum Gasteiger partial charge on any atom is -1.00 e. The van der Waals surface area contributed by atoms with E-state index in [2.05, 4.69) is 189 Å². The summed E-state index contributed by atoms with van der Waals surface area (Å²) in [6.45, 7) is 20.1. The number of benzene rings is 6. The summed E-state index contributed by atoms with van der Waals surface area (Å²) in [7, 11) is 0. The first-order valence-corrected chi connectivity index (χ1v) is 23.8. The molecule has 3 aliphatic rings. The largest absolute Gasteiger partial charge is 1.00 e. The Kier molecular flexibility index (Phi) is 11.3. The summed E-state index contributed by atoms with van der Waals surface area (Å²) >= 11 is -3.06. The molecule has 5 atom stereocenters. The summed E-state index contributed by atoms with van der Waals surface area (Å²) < 4.78 is 3.33. The second-order valence-corrected chi connectivity index (χ2v) is 24.0. The van der Waals surface area contributed by atoms with Crippen LogP contribution in [-0.4, -0.2) is 3.21 Å². The molecule has 0 aliphatic heterocycles. The van der Waals surface area contributed by atoms with Gasteiger partial charge >= 0.3 is 333 Å². The van der Waals surface area contributed by atoms with Gasteiger partial charge in [-0.2, -0.15) is 0 Å². The molecule has 6 aromatic carbocycles. The van der Waals surface area contributed by atoms with Crippen molar-refractivity contribution >= 4 is 19.6 Å². The molecule has 0 nitrogen and oxygen atoms in total. The number of aryl methyl sites for hydroxylation is 1. The van der Waals surface area contributed by atoms with E-state index in [4.69, 9.17) is 0 Å². The van der Waals surface area contributed by atoms with Crippen molar-refractivity contribution in [2.24, 2.45) is 11.8 Å². The summed E-state index contributed by atoms with van der Waals surface area (Å²) in [6, 6.07) is 46.2. The summed E-state index contributed by atoms with van der Waals surface area (Å²) in [6.07, 6.45) is 6.24. The third kappa shape index (κ3) is 6.06. The van der Waals surface area contributed by atoms with Crippen LogP contribution in [0, 0.1) is 32.6 Å². The van der Waals surface area contributed by atoms with Gasteiger partial charge in [-0.15, -0.1) is 0 Å². The van der Waals surface area contributed by atoms with Crippen molar-refractivity contribution in [3.05, 3.63) is 192 Å². The van der Waals surface area contributed by atoms with Crippen molar-refractivity contribution in [3.8, 4) is 11.1 Å². The van der Waals surface area contributed by atoms with E-state index in [1.54, 1.807) is 28.7 Å². The van der Waals surface area contributed by atoms with Gasteiger partial charge in [-0.1, -0.05) is 0 Å². The molecule has 0 saturated heterocycles. The minimum atomic E-state index is -3.06. The molecule has 0 radical (unpaired) electrons. The van der Waals surface area contributed by atoms with Crippen molar-refractivity contribution in [3.63, 3.8) is 0 Å². The van der Waals surface area contributed by atoms with Crippen LogP contribution in [0.4, 0.5) is 0 Å². The third-order valence-electron chi connectivity index (χ3n) is 14.3. The number of halogens is 2. The van der Waals surface area contributed by atoms with E-state index >= 15 is 0 Å². The van der Waals surface area contributed by atoms with Crippen molar-refractivity contribution in [2.75, 3.05) is 0 Å². The first-order valence-electron chi connectivity index (χ1n) is 20.1. The molecular weight excluding hydrogens is 799 g/mol. The first kappa shape index (κ1) is 40.6. The Bertz CT molecular complexity index is 2520.